The lowest BCUT2D eigenvalue weighted by Crippen LogP contribution is -2.39. The Morgan fingerprint density at radius 3 is 2.58 bits per heavy atom. The maximum atomic E-state index is 12.0. The second-order valence-corrected chi connectivity index (χ2v) is 5.75. The van der Waals surface area contributed by atoms with Crippen molar-refractivity contribution in [3.8, 4) is 0 Å². The second kappa shape index (κ2) is 6.89. The normalized spacial score (nSPS) is 27.3. The summed E-state index contributed by atoms with van der Waals surface area (Å²) in [6, 6.07) is 0.163. The van der Waals surface area contributed by atoms with E-state index < -0.39 is 0 Å². The van der Waals surface area contributed by atoms with Gasteiger partial charge in [-0.25, -0.2) is 0 Å². The van der Waals surface area contributed by atoms with Gasteiger partial charge in [-0.1, -0.05) is 6.42 Å². The number of hydrogen-bond donors (Lipinski definition) is 2. The SMILES string of the molecule is NC1CCCC(C(=O)NCCC(=O)N2CCCC2)C1. The molecule has 2 fully saturated rings. The average molecular weight is 267 g/mol. The molecule has 1 aliphatic heterocycles. The predicted molar refractivity (Wildman–Crippen MR) is 73.4 cm³/mol. The van der Waals surface area contributed by atoms with Crippen LogP contribution in [0, 0.1) is 5.92 Å². The molecule has 2 unspecified atom stereocenters. The lowest BCUT2D eigenvalue weighted by molar-refractivity contribution is -0.130. The molecule has 3 N–H and O–H groups in total. The zero-order valence-electron chi connectivity index (χ0n) is 11.6. The first-order valence-electron chi connectivity index (χ1n) is 7.48. The van der Waals surface area contributed by atoms with Gasteiger partial charge in [0.15, 0.2) is 0 Å². The highest BCUT2D eigenvalue weighted by molar-refractivity contribution is 5.80. The third-order valence-electron chi connectivity index (χ3n) is 4.18. The van der Waals surface area contributed by atoms with Crippen molar-refractivity contribution in [2.45, 2.75) is 51.0 Å². The first-order valence-corrected chi connectivity index (χ1v) is 7.48. The van der Waals surface area contributed by atoms with Crippen molar-refractivity contribution < 1.29 is 9.59 Å². The quantitative estimate of drug-likeness (QED) is 0.784. The number of nitrogens with two attached hydrogens (primary N) is 1. The molecule has 2 amide bonds. The van der Waals surface area contributed by atoms with Gasteiger partial charge in [0.1, 0.15) is 0 Å². The van der Waals surface area contributed by atoms with Gasteiger partial charge < -0.3 is 16.0 Å². The third-order valence-corrected chi connectivity index (χ3v) is 4.18. The minimum atomic E-state index is 0.0469. The van der Waals surface area contributed by atoms with Crippen molar-refractivity contribution in [1.29, 1.82) is 0 Å². The number of nitrogens with one attached hydrogen (secondary N) is 1. The van der Waals surface area contributed by atoms with Gasteiger partial charge in [0.05, 0.1) is 0 Å². The van der Waals surface area contributed by atoms with Gasteiger partial charge in [0, 0.05) is 38.0 Å². The molecule has 108 valence electrons. The molecule has 5 heteroatoms. The van der Waals surface area contributed by atoms with Crippen LogP contribution >= 0.6 is 0 Å². The number of rotatable bonds is 4. The fourth-order valence-corrected chi connectivity index (χ4v) is 3.03. The number of likely N-dealkylation sites (tertiary alicyclic amines) is 1. The molecule has 2 aliphatic rings. The molecule has 0 aromatic heterocycles. The maximum Gasteiger partial charge on any atom is 0.224 e. The van der Waals surface area contributed by atoms with Gasteiger partial charge >= 0.3 is 0 Å². The van der Waals surface area contributed by atoms with Gasteiger partial charge in [-0.2, -0.15) is 0 Å². The first kappa shape index (κ1) is 14.3. The summed E-state index contributed by atoms with van der Waals surface area (Å²) in [7, 11) is 0. The van der Waals surface area contributed by atoms with Crippen LogP contribution in [0.2, 0.25) is 0 Å². The number of hydrogen-bond acceptors (Lipinski definition) is 3. The van der Waals surface area contributed by atoms with Crippen molar-refractivity contribution in [3.05, 3.63) is 0 Å². The van der Waals surface area contributed by atoms with Crippen LogP contribution in [0.15, 0.2) is 0 Å². The first-order chi connectivity index (χ1) is 9.16. The average Bonchev–Trinajstić information content (AvgIpc) is 2.92. The van der Waals surface area contributed by atoms with Crippen LogP contribution in [0.1, 0.15) is 44.9 Å². The van der Waals surface area contributed by atoms with Crippen LogP contribution in [0.25, 0.3) is 0 Å². The number of amides is 2. The summed E-state index contributed by atoms with van der Waals surface area (Å²) in [6.07, 6.45) is 6.41. The molecule has 1 saturated carbocycles. The Kier molecular flexibility index (Phi) is 5.19. The largest absolute Gasteiger partial charge is 0.355 e. The Morgan fingerprint density at radius 2 is 1.89 bits per heavy atom. The summed E-state index contributed by atoms with van der Waals surface area (Å²) in [5, 5.41) is 2.89. The van der Waals surface area contributed by atoms with E-state index in [2.05, 4.69) is 5.32 Å². The topological polar surface area (TPSA) is 75.4 Å². The van der Waals surface area contributed by atoms with E-state index in [1.807, 2.05) is 4.90 Å². The van der Waals surface area contributed by atoms with E-state index in [-0.39, 0.29) is 23.8 Å². The standard InChI is InChI=1S/C14H25N3O2/c15-12-5-3-4-11(10-12)14(19)16-7-6-13(18)17-8-1-2-9-17/h11-12H,1-10,15H2,(H,16,19). The van der Waals surface area contributed by atoms with Gasteiger partial charge in [-0.15, -0.1) is 0 Å². The summed E-state index contributed by atoms with van der Waals surface area (Å²) >= 11 is 0. The molecule has 19 heavy (non-hydrogen) atoms. The van der Waals surface area contributed by atoms with Crippen LogP contribution in [0.4, 0.5) is 0 Å². The van der Waals surface area contributed by atoms with Crippen molar-refractivity contribution in [3.63, 3.8) is 0 Å². The fourth-order valence-electron chi connectivity index (χ4n) is 3.03. The smallest absolute Gasteiger partial charge is 0.224 e. The molecule has 0 radical (unpaired) electrons. The molecular formula is C14H25N3O2. The van der Waals surface area contributed by atoms with Gasteiger partial charge in [-0.05, 0) is 32.1 Å². The number of nitrogens with zero attached hydrogens (tertiary/aromatic N) is 1. The van der Waals surface area contributed by atoms with E-state index in [4.69, 9.17) is 5.73 Å². The molecule has 5 nitrogen and oxygen atoms in total. The van der Waals surface area contributed by atoms with Crippen molar-refractivity contribution in [1.82, 2.24) is 10.2 Å². The number of carbonyl (C=O) groups is 2. The summed E-state index contributed by atoms with van der Waals surface area (Å²) in [5.74, 6) is 0.285. The molecule has 0 spiro atoms. The van der Waals surface area contributed by atoms with E-state index in [0.29, 0.717) is 13.0 Å². The lowest BCUT2D eigenvalue weighted by atomic mass is 9.85. The van der Waals surface area contributed by atoms with Crippen LogP contribution in [0.5, 0.6) is 0 Å². The monoisotopic (exact) mass is 267 g/mol. The van der Waals surface area contributed by atoms with E-state index in [9.17, 15) is 9.59 Å². The fraction of sp³-hybridized carbons (Fsp3) is 0.857. The molecular weight excluding hydrogens is 242 g/mol. The zero-order valence-corrected chi connectivity index (χ0v) is 11.6. The van der Waals surface area contributed by atoms with Gasteiger partial charge in [-0.3, -0.25) is 9.59 Å². The third kappa shape index (κ3) is 4.20. The predicted octanol–water partition coefficient (Wildman–Crippen LogP) is 0.633. The highest BCUT2D eigenvalue weighted by Gasteiger charge is 2.25. The molecule has 2 rings (SSSR count). The zero-order chi connectivity index (χ0) is 13.7. The molecule has 0 aromatic rings. The van der Waals surface area contributed by atoms with Crippen LogP contribution in [-0.4, -0.2) is 42.4 Å². The lowest BCUT2D eigenvalue weighted by Gasteiger charge is -2.25. The minimum absolute atomic E-state index is 0.0469. The summed E-state index contributed by atoms with van der Waals surface area (Å²) in [4.78, 5) is 25.7. The Morgan fingerprint density at radius 1 is 1.16 bits per heavy atom. The van der Waals surface area contributed by atoms with E-state index in [1.54, 1.807) is 0 Å². The van der Waals surface area contributed by atoms with Crippen molar-refractivity contribution in [2.24, 2.45) is 11.7 Å². The Bertz CT molecular complexity index is 327. The molecule has 1 heterocycles. The van der Waals surface area contributed by atoms with Crippen LogP contribution in [-0.2, 0) is 9.59 Å². The highest BCUT2D eigenvalue weighted by atomic mass is 16.2. The van der Waals surface area contributed by atoms with E-state index >= 15 is 0 Å². The molecule has 1 saturated heterocycles. The Labute approximate surface area is 114 Å². The van der Waals surface area contributed by atoms with E-state index in [0.717, 1.165) is 51.6 Å². The molecule has 1 aliphatic carbocycles. The Balaban J connectivity index is 1.64. The summed E-state index contributed by atoms with van der Waals surface area (Å²) in [6.45, 7) is 2.22. The van der Waals surface area contributed by atoms with Crippen LogP contribution in [0.3, 0.4) is 0 Å². The second-order valence-electron chi connectivity index (χ2n) is 5.75. The molecule has 0 bridgehead atoms. The Hall–Kier alpha value is -1.10. The maximum absolute atomic E-state index is 12.0. The summed E-state index contributed by atoms with van der Waals surface area (Å²) in [5.41, 5.74) is 5.88. The minimum Gasteiger partial charge on any atom is -0.355 e. The van der Waals surface area contributed by atoms with Crippen molar-refractivity contribution in [2.75, 3.05) is 19.6 Å². The van der Waals surface area contributed by atoms with Gasteiger partial charge in [0.25, 0.3) is 0 Å². The molecule has 0 aromatic carbocycles. The van der Waals surface area contributed by atoms with Crippen LogP contribution < -0.4 is 11.1 Å². The van der Waals surface area contributed by atoms with E-state index in [1.165, 1.54) is 0 Å². The highest BCUT2D eigenvalue weighted by Crippen LogP contribution is 2.23. The summed E-state index contributed by atoms with van der Waals surface area (Å²) < 4.78 is 0. The van der Waals surface area contributed by atoms with Gasteiger partial charge in [0.2, 0.25) is 11.8 Å². The van der Waals surface area contributed by atoms with Crippen molar-refractivity contribution >= 4 is 11.8 Å². The number of carbonyl (C=O) groups excluding carboxylic acids is 2. The molecule has 2 atom stereocenters.